The Morgan fingerprint density at radius 3 is 2.55 bits per heavy atom. The van der Waals surface area contributed by atoms with Crippen molar-refractivity contribution >= 4 is 49.2 Å². The third-order valence-corrected chi connectivity index (χ3v) is 6.37. The molecule has 0 atom stereocenters. The van der Waals surface area contributed by atoms with Crippen molar-refractivity contribution in [3.8, 4) is 0 Å². The molecule has 4 nitrogen and oxygen atoms in total. The second-order valence-corrected chi connectivity index (χ2v) is 7.82. The number of rotatable bonds is 3. The van der Waals surface area contributed by atoms with Gasteiger partial charge in [0, 0.05) is 6.04 Å². The van der Waals surface area contributed by atoms with Crippen LogP contribution in [0.4, 0.5) is 0 Å². The van der Waals surface area contributed by atoms with Gasteiger partial charge in [-0.1, -0.05) is 31.4 Å². The number of thiazole rings is 1. The van der Waals surface area contributed by atoms with Gasteiger partial charge in [-0.05, 0) is 25.0 Å². The van der Waals surface area contributed by atoms with E-state index in [1.807, 2.05) is 24.3 Å². The summed E-state index contributed by atoms with van der Waals surface area (Å²) in [5.41, 5.74) is 0.747. The van der Waals surface area contributed by atoms with Gasteiger partial charge in [-0.15, -0.1) is 11.3 Å². The number of aromatic nitrogens is 1. The van der Waals surface area contributed by atoms with Crippen molar-refractivity contribution in [1.82, 2.24) is 9.71 Å². The Balaban J connectivity index is 0.00000147. The fraction of sp³-hybridized carbons (Fsp3) is 0.462. The monoisotopic (exact) mass is 374 g/mol. The van der Waals surface area contributed by atoms with Crippen LogP contribution in [0.5, 0.6) is 0 Å². The number of nitrogens with zero attached hydrogens (tertiary/aromatic N) is 1. The Labute approximate surface area is 134 Å². The Morgan fingerprint density at radius 2 is 1.85 bits per heavy atom. The molecule has 1 saturated carbocycles. The molecular formula is C13H20GeN2O2S2. The van der Waals surface area contributed by atoms with E-state index in [1.54, 1.807) is 0 Å². The summed E-state index contributed by atoms with van der Waals surface area (Å²) < 4.78 is 28.5. The normalized spacial score (nSPS) is 17.0. The first kappa shape index (κ1) is 15.9. The van der Waals surface area contributed by atoms with Gasteiger partial charge in [-0.3, -0.25) is 0 Å². The molecule has 1 aromatic heterocycles. The molecule has 1 fully saturated rings. The molecule has 0 unspecified atom stereocenters. The van der Waals surface area contributed by atoms with Crippen LogP contribution in [-0.2, 0) is 10.0 Å². The van der Waals surface area contributed by atoms with Crippen molar-refractivity contribution in [1.29, 1.82) is 0 Å². The van der Waals surface area contributed by atoms with Crippen molar-refractivity contribution in [2.45, 2.75) is 42.5 Å². The molecule has 1 aliphatic carbocycles. The van der Waals surface area contributed by atoms with E-state index >= 15 is 0 Å². The van der Waals surface area contributed by atoms with Crippen LogP contribution >= 0.6 is 11.3 Å². The number of sulfonamides is 1. The molecule has 0 aliphatic heterocycles. The van der Waals surface area contributed by atoms with E-state index in [0.717, 1.165) is 35.9 Å². The first-order valence-electron chi connectivity index (χ1n) is 6.53. The molecule has 0 amide bonds. The maximum absolute atomic E-state index is 12.3. The molecule has 0 bridgehead atoms. The number of para-hydroxylation sites is 1. The van der Waals surface area contributed by atoms with Crippen LogP contribution in [0.15, 0.2) is 28.6 Å². The molecule has 110 valence electrons. The maximum atomic E-state index is 12.3. The van der Waals surface area contributed by atoms with Crippen molar-refractivity contribution < 1.29 is 8.42 Å². The summed E-state index contributed by atoms with van der Waals surface area (Å²) in [6.45, 7) is 0. The van der Waals surface area contributed by atoms with E-state index < -0.39 is 10.0 Å². The van der Waals surface area contributed by atoms with Crippen LogP contribution in [0.1, 0.15) is 32.1 Å². The van der Waals surface area contributed by atoms with E-state index in [-0.39, 0.29) is 28.0 Å². The molecule has 0 saturated heterocycles. The minimum absolute atomic E-state index is 0. The van der Waals surface area contributed by atoms with Gasteiger partial charge in [0.15, 0.2) is 0 Å². The number of hydrogen-bond donors (Lipinski definition) is 1. The zero-order valence-corrected chi connectivity index (χ0v) is 12.1. The van der Waals surface area contributed by atoms with Crippen LogP contribution in [0.25, 0.3) is 10.2 Å². The summed E-state index contributed by atoms with van der Waals surface area (Å²) >= 11 is 1.23. The third kappa shape index (κ3) is 3.41. The fourth-order valence-electron chi connectivity index (χ4n) is 2.46. The SMILES string of the molecule is O=S(=O)(NC1CCCCC1)c1nc2ccccc2s1.[GeH4]. The minimum atomic E-state index is -3.46. The first-order chi connectivity index (χ1) is 9.15. The van der Waals surface area contributed by atoms with Crippen LogP contribution < -0.4 is 4.72 Å². The van der Waals surface area contributed by atoms with Gasteiger partial charge >= 0.3 is 17.6 Å². The van der Waals surface area contributed by atoms with Gasteiger partial charge < -0.3 is 0 Å². The van der Waals surface area contributed by atoms with E-state index in [0.29, 0.717) is 0 Å². The Kier molecular flexibility index (Phi) is 5.22. The first-order valence-corrected chi connectivity index (χ1v) is 8.83. The summed E-state index contributed by atoms with van der Waals surface area (Å²) in [4.78, 5) is 4.22. The molecule has 2 aromatic rings. The summed E-state index contributed by atoms with van der Waals surface area (Å²) in [5.74, 6) is 0. The van der Waals surface area contributed by atoms with E-state index in [4.69, 9.17) is 0 Å². The predicted octanol–water partition coefficient (Wildman–Crippen LogP) is 1.46. The van der Waals surface area contributed by atoms with Crippen molar-refractivity contribution in [2.24, 2.45) is 0 Å². The molecular weight excluding hydrogens is 353 g/mol. The van der Waals surface area contributed by atoms with Crippen LogP contribution in [0.3, 0.4) is 0 Å². The van der Waals surface area contributed by atoms with Crippen LogP contribution in [-0.4, -0.2) is 37.0 Å². The quantitative estimate of drug-likeness (QED) is 0.829. The molecule has 0 radical (unpaired) electrons. The molecule has 1 N–H and O–H groups in total. The number of nitrogens with one attached hydrogen (secondary N) is 1. The van der Waals surface area contributed by atoms with Crippen LogP contribution in [0, 0.1) is 0 Å². The topological polar surface area (TPSA) is 59.1 Å². The Morgan fingerprint density at radius 1 is 1.15 bits per heavy atom. The molecule has 3 rings (SSSR count). The number of hydrogen-bond acceptors (Lipinski definition) is 4. The van der Waals surface area contributed by atoms with E-state index in [9.17, 15) is 8.42 Å². The second-order valence-electron chi connectivity index (χ2n) is 4.90. The van der Waals surface area contributed by atoms with Crippen molar-refractivity contribution in [2.75, 3.05) is 0 Å². The molecule has 1 aliphatic rings. The van der Waals surface area contributed by atoms with Crippen molar-refractivity contribution in [3.05, 3.63) is 24.3 Å². The van der Waals surface area contributed by atoms with E-state index in [2.05, 4.69) is 9.71 Å². The average Bonchev–Trinajstić information content (AvgIpc) is 2.84. The van der Waals surface area contributed by atoms with Gasteiger partial charge in [0.2, 0.25) is 4.34 Å². The van der Waals surface area contributed by atoms with Gasteiger partial charge in [-0.25, -0.2) is 18.1 Å². The molecule has 7 heteroatoms. The van der Waals surface area contributed by atoms with Gasteiger partial charge in [0.1, 0.15) is 0 Å². The zero-order chi connectivity index (χ0) is 13.3. The summed E-state index contributed by atoms with van der Waals surface area (Å²) in [6.07, 6.45) is 5.29. The summed E-state index contributed by atoms with van der Waals surface area (Å²) in [7, 11) is -3.46. The number of benzene rings is 1. The van der Waals surface area contributed by atoms with Gasteiger partial charge in [-0.2, -0.15) is 0 Å². The molecule has 20 heavy (non-hydrogen) atoms. The number of fused-ring (bicyclic) bond motifs is 1. The predicted molar refractivity (Wildman–Crippen MR) is 88.1 cm³/mol. The van der Waals surface area contributed by atoms with Gasteiger partial charge in [0.05, 0.1) is 10.2 Å². The average molecular weight is 373 g/mol. The molecule has 1 heterocycles. The Hall–Kier alpha value is -0.437. The third-order valence-electron chi connectivity index (χ3n) is 3.43. The van der Waals surface area contributed by atoms with Crippen molar-refractivity contribution in [3.63, 3.8) is 0 Å². The van der Waals surface area contributed by atoms with Crippen LogP contribution in [0.2, 0.25) is 0 Å². The fourth-order valence-corrected chi connectivity index (χ4v) is 5.00. The summed E-state index contributed by atoms with van der Waals surface area (Å²) in [6, 6.07) is 7.57. The second kappa shape index (κ2) is 6.55. The summed E-state index contributed by atoms with van der Waals surface area (Å²) in [5, 5.41) is 0. The molecule has 1 aromatic carbocycles. The van der Waals surface area contributed by atoms with E-state index in [1.165, 1.54) is 17.8 Å². The Bertz CT molecular complexity index is 645. The standard InChI is InChI=1S/C13H16N2O2S2.GeH4/c16-19(17,15-10-6-2-1-3-7-10)13-14-11-8-4-5-9-12(11)18-13;/h4-5,8-10,15H,1-3,6-7H2;1H4. The van der Waals surface area contributed by atoms with Gasteiger partial charge in [0.25, 0.3) is 10.0 Å². The zero-order valence-electron chi connectivity index (χ0n) is 10.5. The molecule has 0 spiro atoms.